The Morgan fingerprint density at radius 3 is 1.84 bits per heavy atom. The van der Waals surface area contributed by atoms with Gasteiger partial charge in [0.2, 0.25) is 0 Å². The number of ether oxygens (including phenoxy) is 1. The van der Waals surface area contributed by atoms with Gasteiger partial charge in [0.1, 0.15) is 5.75 Å². The number of nitro groups is 1. The molecule has 2 rings (SSSR count). The Labute approximate surface area is 111 Å². The molecule has 0 aromatic heterocycles. The van der Waals surface area contributed by atoms with Crippen LogP contribution >= 0.6 is 0 Å². The molecule has 2 aromatic rings. The lowest BCUT2D eigenvalue weighted by Crippen LogP contribution is -1.86. The van der Waals surface area contributed by atoms with Crippen molar-refractivity contribution in [1.29, 1.82) is 0 Å². The van der Waals surface area contributed by atoms with Gasteiger partial charge in [-0.3, -0.25) is 10.1 Å². The smallest absolute Gasteiger partial charge is 0.269 e. The standard InChI is InChI=1S/C15H13NO3/c1-19-15-10-6-13(7-11-15)3-2-12-4-8-14(9-5-12)16(17)18/h2-11H,1H3. The molecule has 0 atom stereocenters. The monoisotopic (exact) mass is 255 g/mol. The highest BCUT2D eigenvalue weighted by atomic mass is 16.6. The van der Waals surface area contributed by atoms with E-state index in [0.29, 0.717) is 0 Å². The SMILES string of the molecule is COc1ccc(C=Cc2ccc([N+](=O)[O-])cc2)cc1. The second kappa shape index (κ2) is 5.82. The molecule has 0 aliphatic rings. The van der Waals surface area contributed by atoms with E-state index >= 15 is 0 Å². The van der Waals surface area contributed by atoms with E-state index < -0.39 is 4.92 Å². The number of non-ortho nitro benzene ring substituents is 1. The molecular formula is C15H13NO3. The van der Waals surface area contributed by atoms with Gasteiger partial charge in [-0.05, 0) is 35.4 Å². The molecular weight excluding hydrogens is 242 g/mol. The number of rotatable bonds is 4. The number of hydrogen-bond donors (Lipinski definition) is 0. The average molecular weight is 255 g/mol. The maximum atomic E-state index is 10.5. The molecule has 96 valence electrons. The molecule has 0 unspecified atom stereocenters. The first-order valence-electron chi connectivity index (χ1n) is 5.75. The zero-order valence-electron chi connectivity index (χ0n) is 10.4. The molecule has 0 aliphatic carbocycles. The zero-order chi connectivity index (χ0) is 13.7. The summed E-state index contributed by atoms with van der Waals surface area (Å²) in [5, 5.41) is 10.5. The Bertz CT molecular complexity index is 586. The van der Waals surface area contributed by atoms with E-state index in [2.05, 4.69) is 0 Å². The molecule has 0 saturated heterocycles. The zero-order valence-corrected chi connectivity index (χ0v) is 10.4. The first-order valence-corrected chi connectivity index (χ1v) is 5.75. The van der Waals surface area contributed by atoms with Crippen LogP contribution in [0.2, 0.25) is 0 Å². The van der Waals surface area contributed by atoms with Gasteiger partial charge in [0, 0.05) is 12.1 Å². The number of hydrogen-bond acceptors (Lipinski definition) is 3. The molecule has 4 heteroatoms. The highest BCUT2D eigenvalue weighted by molar-refractivity contribution is 5.70. The molecule has 0 heterocycles. The predicted molar refractivity (Wildman–Crippen MR) is 75.0 cm³/mol. The Hall–Kier alpha value is -2.62. The van der Waals surface area contributed by atoms with Crippen LogP contribution in [0.25, 0.3) is 12.2 Å². The van der Waals surface area contributed by atoms with Gasteiger partial charge in [0.05, 0.1) is 12.0 Å². The normalized spacial score (nSPS) is 10.6. The van der Waals surface area contributed by atoms with E-state index in [9.17, 15) is 10.1 Å². The van der Waals surface area contributed by atoms with Crippen molar-refractivity contribution in [2.24, 2.45) is 0 Å². The third-order valence-electron chi connectivity index (χ3n) is 2.69. The van der Waals surface area contributed by atoms with Crippen molar-refractivity contribution in [3.05, 3.63) is 69.8 Å². The average Bonchev–Trinajstić information content (AvgIpc) is 2.46. The van der Waals surface area contributed by atoms with Crippen molar-refractivity contribution < 1.29 is 9.66 Å². The van der Waals surface area contributed by atoms with Crippen LogP contribution in [0.3, 0.4) is 0 Å². The van der Waals surface area contributed by atoms with E-state index in [1.807, 2.05) is 36.4 Å². The number of nitrogens with zero attached hydrogens (tertiary/aromatic N) is 1. The fourth-order valence-corrected chi connectivity index (χ4v) is 1.61. The quantitative estimate of drug-likeness (QED) is 0.474. The first kappa shape index (κ1) is 12.8. The van der Waals surface area contributed by atoms with Gasteiger partial charge in [-0.2, -0.15) is 0 Å². The van der Waals surface area contributed by atoms with E-state index in [0.717, 1.165) is 16.9 Å². The van der Waals surface area contributed by atoms with Crippen molar-refractivity contribution in [2.75, 3.05) is 7.11 Å². The minimum atomic E-state index is -0.406. The maximum Gasteiger partial charge on any atom is 0.269 e. The maximum absolute atomic E-state index is 10.5. The van der Waals surface area contributed by atoms with Gasteiger partial charge in [-0.1, -0.05) is 24.3 Å². The second-order valence-corrected chi connectivity index (χ2v) is 3.96. The lowest BCUT2D eigenvalue weighted by Gasteiger charge is -1.99. The van der Waals surface area contributed by atoms with Gasteiger partial charge >= 0.3 is 0 Å². The van der Waals surface area contributed by atoms with E-state index in [-0.39, 0.29) is 5.69 Å². The summed E-state index contributed by atoms with van der Waals surface area (Å²) in [6.07, 6.45) is 3.85. The summed E-state index contributed by atoms with van der Waals surface area (Å²) in [5.74, 6) is 0.812. The summed E-state index contributed by atoms with van der Waals surface area (Å²) in [4.78, 5) is 10.1. The molecule has 0 radical (unpaired) electrons. The van der Waals surface area contributed by atoms with Crippen LogP contribution in [0, 0.1) is 10.1 Å². The number of methoxy groups -OCH3 is 1. The fraction of sp³-hybridized carbons (Fsp3) is 0.0667. The highest BCUT2D eigenvalue weighted by Gasteiger charge is 2.02. The molecule has 4 nitrogen and oxygen atoms in total. The fourth-order valence-electron chi connectivity index (χ4n) is 1.61. The Kier molecular flexibility index (Phi) is 3.93. The van der Waals surface area contributed by atoms with Crippen LogP contribution < -0.4 is 4.74 Å². The van der Waals surface area contributed by atoms with E-state index in [1.165, 1.54) is 12.1 Å². The van der Waals surface area contributed by atoms with Crippen LogP contribution in [0.1, 0.15) is 11.1 Å². The van der Waals surface area contributed by atoms with Crippen LogP contribution in [-0.2, 0) is 0 Å². The highest BCUT2D eigenvalue weighted by Crippen LogP contribution is 2.16. The van der Waals surface area contributed by atoms with Crippen LogP contribution in [0.5, 0.6) is 5.75 Å². The molecule has 19 heavy (non-hydrogen) atoms. The molecule has 0 bridgehead atoms. The molecule has 0 N–H and O–H groups in total. The van der Waals surface area contributed by atoms with E-state index in [4.69, 9.17) is 4.74 Å². The Morgan fingerprint density at radius 1 is 0.947 bits per heavy atom. The number of benzene rings is 2. The Balaban J connectivity index is 2.10. The third-order valence-corrected chi connectivity index (χ3v) is 2.69. The van der Waals surface area contributed by atoms with Crippen molar-refractivity contribution in [3.63, 3.8) is 0 Å². The second-order valence-electron chi connectivity index (χ2n) is 3.96. The molecule has 2 aromatic carbocycles. The van der Waals surface area contributed by atoms with Crippen molar-refractivity contribution in [2.45, 2.75) is 0 Å². The largest absolute Gasteiger partial charge is 0.497 e. The summed E-state index contributed by atoms with van der Waals surface area (Å²) >= 11 is 0. The van der Waals surface area contributed by atoms with Gasteiger partial charge in [-0.25, -0.2) is 0 Å². The minimum absolute atomic E-state index is 0.0987. The summed E-state index contributed by atoms with van der Waals surface area (Å²) in [6, 6.07) is 14.1. The molecule has 0 saturated carbocycles. The van der Waals surface area contributed by atoms with Gasteiger partial charge in [0.25, 0.3) is 5.69 Å². The van der Waals surface area contributed by atoms with Gasteiger partial charge in [-0.15, -0.1) is 0 Å². The van der Waals surface area contributed by atoms with Crippen molar-refractivity contribution >= 4 is 17.8 Å². The summed E-state index contributed by atoms with van der Waals surface area (Å²) in [6.45, 7) is 0. The van der Waals surface area contributed by atoms with E-state index in [1.54, 1.807) is 19.2 Å². The molecule has 0 aliphatic heterocycles. The van der Waals surface area contributed by atoms with Gasteiger partial charge in [0.15, 0.2) is 0 Å². The van der Waals surface area contributed by atoms with Crippen LogP contribution in [0.4, 0.5) is 5.69 Å². The van der Waals surface area contributed by atoms with Crippen molar-refractivity contribution in [1.82, 2.24) is 0 Å². The predicted octanol–water partition coefficient (Wildman–Crippen LogP) is 3.77. The minimum Gasteiger partial charge on any atom is -0.497 e. The lowest BCUT2D eigenvalue weighted by molar-refractivity contribution is -0.384. The number of nitro benzene ring substituents is 1. The Morgan fingerprint density at radius 2 is 1.42 bits per heavy atom. The summed E-state index contributed by atoms with van der Waals surface area (Å²) in [5.41, 5.74) is 2.06. The molecule has 0 fully saturated rings. The third kappa shape index (κ3) is 3.42. The first-order chi connectivity index (χ1) is 9.19. The molecule has 0 amide bonds. The van der Waals surface area contributed by atoms with Crippen LogP contribution in [0.15, 0.2) is 48.5 Å². The lowest BCUT2D eigenvalue weighted by atomic mass is 10.1. The molecule has 0 spiro atoms. The topological polar surface area (TPSA) is 52.4 Å². The van der Waals surface area contributed by atoms with Crippen LogP contribution in [-0.4, -0.2) is 12.0 Å². The summed E-state index contributed by atoms with van der Waals surface area (Å²) < 4.78 is 5.08. The van der Waals surface area contributed by atoms with Crippen molar-refractivity contribution in [3.8, 4) is 5.75 Å². The summed E-state index contributed by atoms with van der Waals surface area (Å²) in [7, 11) is 1.63. The van der Waals surface area contributed by atoms with Gasteiger partial charge < -0.3 is 4.74 Å².